The standard InChI is InChI=1S/C37H36N2/c1-3-27(24-33-26(2)38(29-14-6-4-7-15-29)35-20-12-10-18-31(33)35)28-22-23-37-34(25-28)32-19-11-13-21-36(32)39(37)30-16-8-5-9-17-30/h3-6,8-9,11-14,16-17,19-26,31,33,35H,1,7,10,15,18H2,2H3/b27-24+. The van der Waals surface area contributed by atoms with Crippen LogP contribution in [0.25, 0.3) is 33.1 Å². The first kappa shape index (κ1) is 24.0. The molecule has 0 bridgehead atoms. The van der Waals surface area contributed by atoms with Crippen LogP contribution in [0.2, 0.25) is 0 Å². The Morgan fingerprint density at radius 1 is 0.897 bits per heavy atom. The Labute approximate surface area is 231 Å². The lowest BCUT2D eigenvalue weighted by atomic mass is 9.80. The number of rotatable bonds is 5. The molecule has 1 saturated heterocycles. The lowest BCUT2D eigenvalue weighted by molar-refractivity contribution is 0.263. The monoisotopic (exact) mass is 508 g/mol. The van der Waals surface area contributed by atoms with E-state index in [1.807, 2.05) is 0 Å². The van der Waals surface area contributed by atoms with E-state index in [1.54, 1.807) is 0 Å². The SMILES string of the molecule is C=C/C(=C\C1C2CCC=CC2N(C2=CC=CCC2)C1C)c1ccc2c(c1)c1ccccc1n2-c1ccccc1. The number of para-hydroxylation sites is 2. The minimum atomic E-state index is 0.458. The van der Waals surface area contributed by atoms with Gasteiger partial charge in [-0.1, -0.05) is 85.5 Å². The van der Waals surface area contributed by atoms with Crippen LogP contribution >= 0.6 is 0 Å². The molecule has 0 radical (unpaired) electrons. The van der Waals surface area contributed by atoms with Crippen LogP contribution in [0.15, 0.2) is 128 Å². The molecule has 7 rings (SSSR count). The van der Waals surface area contributed by atoms with Crippen molar-refractivity contribution in [1.29, 1.82) is 0 Å². The van der Waals surface area contributed by atoms with Crippen molar-refractivity contribution in [2.75, 3.05) is 0 Å². The molecule has 3 aliphatic rings. The van der Waals surface area contributed by atoms with Gasteiger partial charge in [-0.2, -0.15) is 0 Å². The van der Waals surface area contributed by atoms with Crippen molar-refractivity contribution < 1.29 is 0 Å². The zero-order valence-corrected chi connectivity index (χ0v) is 22.7. The summed E-state index contributed by atoms with van der Waals surface area (Å²) in [7, 11) is 0. The molecule has 4 unspecified atom stereocenters. The van der Waals surface area contributed by atoms with Crippen LogP contribution in [0.3, 0.4) is 0 Å². The van der Waals surface area contributed by atoms with E-state index in [0.717, 1.165) is 12.8 Å². The predicted molar refractivity (Wildman–Crippen MR) is 166 cm³/mol. The number of allylic oxidation sites excluding steroid dienone is 7. The summed E-state index contributed by atoms with van der Waals surface area (Å²) >= 11 is 0. The molecule has 4 aromatic rings. The Hall–Kier alpha value is -4.04. The molecule has 0 spiro atoms. The van der Waals surface area contributed by atoms with Crippen LogP contribution in [0.5, 0.6) is 0 Å². The van der Waals surface area contributed by atoms with Gasteiger partial charge in [0.15, 0.2) is 0 Å². The molecular formula is C37H36N2. The minimum Gasteiger partial charge on any atom is -0.365 e. The number of likely N-dealkylation sites (tertiary alicyclic amines) is 1. The Bertz CT molecular complexity index is 1660. The smallest absolute Gasteiger partial charge is 0.0541 e. The maximum Gasteiger partial charge on any atom is 0.0541 e. The number of benzene rings is 3. The van der Waals surface area contributed by atoms with Crippen molar-refractivity contribution in [2.45, 2.75) is 44.7 Å². The van der Waals surface area contributed by atoms with E-state index in [9.17, 15) is 0 Å². The highest BCUT2D eigenvalue weighted by molar-refractivity contribution is 6.10. The van der Waals surface area contributed by atoms with Crippen LogP contribution in [-0.4, -0.2) is 21.6 Å². The van der Waals surface area contributed by atoms with Crippen molar-refractivity contribution in [3.63, 3.8) is 0 Å². The number of fused-ring (bicyclic) bond motifs is 4. The van der Waals surface area contributed by atoms with Crippen LogP contribution in [0.4, 0.5) is 0 Å². The van der Waals surface area contributed by atoms with Gasteiger partial charge in [0.1, 0.15) is 0 Å². The molecule has 3 aromatic carbocycles. The highest BCUT2D eigenvalue weighted by Gasteiger charge is 2.45. The van der Waals surface area contributed by atoms with Crippen LogP contribution in [0, 0.1) is 11.8 Å². The van der Waals surface area contributed by atoms with Gasteiger partial charge in [0.05, 0.1) is 17.1 Å². The largest absolute Gasteiger partial charge is 0.365 e. The van der Waals surface area contributed by atoms with Gasteiger partial charge in [0.2, 0.25) is 0 Å². The fourth-order valence-corrected chi connectivity index (χ4v) is 7.39. The number of hydrogen-bond donors (Lipinski definition) is 0. The fraction of sp³-hybridized carbons (Fsp3) is 0.243. The summed E-state index contributed by atoms with van der Waals surface area (Å²) in [6, 6.07) is 27.4. The molecule has 1 fully saturated rings. The first-order chi connectivity index (χ1) is 19.2. The van der Waals surface area contributed by atoms with Gasteiger partial charge in [0.25, 0.3) is 0 Å². The summed E-state index contributed by atoms with van der Waals surface area (Å²) in [6.45, 7) is 6.73. The third kappa shape index (κ3) is 4.01. The van der Waals surface area contributed by atoms with Gasteiger partial charge in [0, 0.05) is 34.1 Å². The second kappa shape index (κ2) is 9.93. The van der Waals surface area contributed by atoms with E-state index >= 15 is 0 Å². The molecule has 4 atom stereocenters. The van der Waals surface area contributed by atoms with Gasteiger partial charge in [-0.3, -0.25) is 0 Å². The summed E-state index contributed by atoms with van der Waals surface area (Å²) in [5.74, 6) is 1.12. The van der Waals surface area contributed by atoms with E-state index in [0.29, 0.717) is 23.9 Å². The van der Waals surface area contributed by atoms with Crippen molar-refractivity contribution in [2.24, 2.45) is 11.8 Å². The normalized spacial score (nSPS) is 24.8. The first-order valence-electron chi connectivity index (χ1n) is 14.5. The van der Waals surface area contributed by atoms with E-state index in [2.05, 4.69) is 138 Å². The van der Waals surface area contributed by atoms with Gasteiger partial charge < -0.3 is 9.47 Å². The maximum absolute atomic E-state index is 4.29. The summed E-state index contributed by atoms with van der Waals surface area (Å²) < 4.78 is 2.38. The Morgan fingerprint density at radius 3 is 2.54 bits per heavy atom. The highest BCUT2D eigenvalue weighted by atomic mass is 15.2. The van der Waals surface area contributed by atoms with Crippen LogP contribution in [0.1, 0.15) is 38.2 Å². The van der Waals surface area contributed by atoms with Gasteiger partial charge in [-0.15, -0.1) is 0 Å². The van der Waals surface area contributed by atoms with Gasteiger partial charge in [-0.25, -0.2) is 0 Å². The molecule has 1 aliphatic heterocycles. The molecule has 0 amide bonds. The van der Waals surface area contributed by atoms with Gasteiger partial charge in [-0.05, 0) is 86.1 Å². The average molecular weight is 509 g/mol. The minimum absolute atomic E-state index is 0.458. The summed E-state index contributed by atoms with van der Waals surface area (Å²) in [5, 5.41) is 2.58. The third-order valence-electron chi connectivity index (χ3n) is 9.19. The zero-order valence-electron chi connectivity index (χ0n) is 22.7. The van der Waals surface area contributed by atoms with E-state index in [1.165, 1.54) is 57.2 Å². The van der Waals surface area contributed by atoms with E-state index in [4.69, 9.17) is 0 Å². The Kier molecular flexibility index (Phi) is 6.12. The molecule has 1 aromatic heterocycles. The molecular weight excluding hydrogens is 472 g/mol. The van der Waals surface area contributed by atoms with Crippen molar-refractivity contribution >= 4 is 27.4 Å². The predicted octanol–water partition coefficient (Wildman–Crippen LogP) is 9.24. The molecule has 0 saturated carbocycles. The number of hydrogen-bond acceptors (Lipinski definition) is 1. The maximum atomic E-state index is 4.29. The molecule has 2 heteroatoms. The second-order valence-electron chi connectivity index (χ2n) is 11.3. The Morgan fingerprint density at radius 2 is 1.72 bits per heavy atom. The number of nitrogens with zero attached hydrogens (tertiary/aromatic N) is 2. The molecule has 39 heavy (non-hydrogen) atoms. The second-order valence-corrected chi connectivity index (χ2v) is 11.3. The average Bonchev–Trinajstić information content (AvgIpc) is 3.47. The zero-order chi connectivity index (χ0) is 26.3. The van der Waals surface area contributed by atoms with E-state index < -0.39 is 0 Å². The lowest BCUT2D eigenvalue weighted by Gasteiger charge is -2.34. The van der Waals surface area contributed by atoms with Crippen molar-refractivity contribution in [3.05, 3.63) is 133 Å². The first-order valence-corrected chi connectivity index (χ1v) is 14.5. The number of aromatic nitrogens is 1. The molecule has 2 aliphatic carbocycles. The van der Waals surface area contributed by atoms with Crippen molar-refractivity contribution in [3.8, 4) is 5.69 Å². The third-order valence-corrected chi connectivity index (χ3v) is 9.19. The van der Waals surface area contributed by atoms with E-state index in [-0.39, 0.29) is 0 Å². The highest BCUT2D eigenvalue weighted by Crippen LogP contribution is 2.46. The fourth-order valence-electron chi connectivity index (χ4n) is 7.39. The quantitative estimate of drug-likeness (QED) is 0.193. The topological polar surface area (TPSA) is 8.17 Å². The van der Waals surface area contributed by atoms with Crippen molar-refractivity contribution in [1.82, 2.24) is 9.47 Å². The molecule has 2 nitrogen and oxygen atoms in total. The lowest BCUT2D eigenvalue weighted by Crippen LogP contribution is -2.35. The van der Waals surface area contributed by atoms with Crippen LogP contribution < -0.4 is 0 Å². The summed E-state index contributed by atoms with van der Waals surface area (Å²) in [4.78, 5) is 2.72. The summed E-state index contributed by atoms with van der Waals surface area (Å²) in [6.07, 6.45) is 21.1. The molecule has 0 N–H and O–H groups in total. The molecule has 2 heterocycles. The summed E-state index contributed by atoms with van der Waals surface area (Å²) in [5.41, 5.74) is 7.67. The molecule has 194 valence electrons. The van der Waals surface area contributed by atoms with Crippen LogP contribution in [-0.2, 0) is 0 Å². The van der Waals surface area contributed by atoms with Gasteiger partial charge >= 0.3 is 0 Å². The Balaban J connectivity index is 1.32.